The van der Waals surface area contributed by atoms with E-state index in [1.165, 1.54) is 0 Å². The zero-order valence-corrected chi connectivity index (χ0v) is 15.7. The molecular weight excluding hydrogens is 326 g/mol. The van der Waals surface area contributed by atoms with Crippen LogP contribution in [0.2, 0.25) is 0 Å². The number of carbonyl (C=O) groups is 1. The van der Waals surface area contributed by atoms with Crippen LogP contribution in [0.3, 0.4) is 0 Å². The average Bonchev–Trinajstić information content (AvgIpc) is 2.61. The monoisotopic (exact) mass is 352 g/mol. The van der Waals surface area contributed by atoms with E-state index in [1.54, 1.807) is 6.20 Å². The summed E-state index contributed by atoms with van der Waals surface area (Å²) in [5.74, 6) is -0.165. The maximum Gasteiger partial charge on any atom is 0.308 e. The van der Waals surface area contributed by atoms with Gasteiger partial charge in [0.1, 0.15) is 5.60 Å². The molecule has 26 heavy (non-hydrogen) atoms. The second kappa shape index (κ2) is 7.87. The van der Waals surface area contributed by atoms with Gasteiger partial charge in [0.15, 0.2) is 0 Å². The second-order valence-corrected chi connectivity index (χ2v) is 7.52. The Balaban J connectivity index is 1.86. The van der Waals surface area contributed by atoms with Crippen LogP contribution in [0.25, 0.3) is 11.1 Å². The first-order valence-corrected chi connectivity index (χ1v) is 9.05. The third kappa shape index (κ3) is 4.61. The van der Waals surface area contributed by atoms with Crippen LogP contribution >= 0.6 is 0 Å². The number of anilines is 1. The van der Waals surface area contributed by atoms with Gasteiger partial charge in [-0.15, -0.1) is 0 Å². The SMILES string of the molecule is CC(C)(C)OC(=O)CC1CNCCN1c1ccccc1-c1[c]nccc1. The number of para-hydroxylation sites is 1. The highest BCUT2D eigenvalue weighted by Gasteiger charge is 2.28. The lowest BCUT2D eigenvalue weighted by Gasteiger charge is -2.39. The number of nitrogens with one attached hydrogen (secondary N) is 1. The Labute approximate surface area is 155 Å². The molecule has 1 atom stereocenters. The minimum atomic E-state index is -0.466. The van der Waals surface area contributed by atoms with E-state index in [0.717, 1.165) is 36.4 Å². The van der Waals surface area contributed by atoms with Crippen LogP contribution < -0.4 is 10.2 Å². The molecule has 0 spiro atoms. The number of piperazine rings is 1. The number of carbonyl (C=O) groups excluding carboxylic acids is 1. The molecule has 5 nitrogen and oxygen atoms in total. The summed E-state index contributed by atoms with van der Waals surface area (Å²) in [6, 6.07) is 12.2. The van der Waals surface area contributed by atoms with Crippen LogP contribution in [0.15, 0.2) is 42.6 Å². The maximum atomic E-state index is 12.4. The second-order valence-electron chi connectivity index (χ2n) is 7.52. The van der Waals surface area contributed by atoms with E-state index in [-0.39, 0.29) is 12.0 Å². The first-order chi connectivity index (χ1) is 12.4. The fraction of sp³-hybridized carbons (Fsp3) is 0.429. The van der Waals surface area contributed by atoms with Crippen LogP contribution in [-0.2, 0) is 9.53 Å². The van der Waals surface area contributed by atoms with Gasteiger partial charge in [0.2, 0.25) is 0 Å². The summed E-state index contributed by atoms with van der Waals surface area (Å²) in [6.07, 6.45) is 5.15. The number of pyridine rings is 1. The highest BCUT2D eigenvalue weighted by Crippen LogP contribution is 2.32. The van der Waals surface area contributed by atoms with Crippen molar-refractivity contribution in [2.75, 3.05) is 24.5 Å². The Hall–Kier alpha value is -2.40. The lowest BCUT2D eigenvalue weighted by atomic mass is 10.0. The molecule has 0 amide bonds. The molecule has 1 unspecified atom stereocenters. The predicted octanol–water partition coefficient (Wildman–Crippen LogP) is 3.06. The maximum absolute atomic E-state index is 12.4. The smallest absolute Gasteiger partial charge is 0.308 e. The van der Waals surface area contributed by atoms with Gasteiger partial charge in [-0.3, -0.25) is 9.78 Å². The van der Waals surface area contributed by atoms with Gasteiger partial charge in [0, 0.05) is 42.6 Å². The molecule has 1 radical (unpaired) electrons. The molecule has 1 aromatic heterocycles. The zero-order valence-electron chi connectivity index (χ0n) is 15.7. The quantitative estimate of drug-likeness (QED) is 0.857. The standard InChI is InChI=1S/C21H26N3O2/c1-21(2,3)26-20(25)13-17-15-23-11-12-24(17)19-9-5-4-8-18(19)16-7-6-10-22-14-16/h4-10,17,23H,11-13,15H2,1-3H3. The van der Waals surface area contributed by atoms with Crippen molar-refractivity contribution in [2.45, 2.75) is 38.8 Å². The minimum absolute atomic E-state index is 0.0522. The average molecular weight is 352 g/mol. The molecule has 0 saturated carbocycles. The van der Waals surface area contributed by atoms with Crippen molar-refractivity contribution >= 4 is 11.7 Å². The van der Waals surface area contributed by atoms with E-state index in [2.05, 4.69) is 33.5 Å². The molecule has 3 rings (SSSR count). The summed E-state index contributed by atoms with van der Waals surface area (Å²) < 4.78 is 5.53. The summed E-state index contributed by atoms with van der Waals surface area (Å²) >= 11 is 0. The Morgan fingerprint density at radius 3 is 2.85 bits per heavy atom. The number of hydrogen-bond donors (Lipinski definition) is 1. The van der Waals surface area contributed by atoms with Crippen molar-refractivity contribution in [1.82, 2.24) is 10.3 Å². The summed E-state index contributed by atoms with van der Waals surface area (Å²) in [5.41, 5.74) is 2.67. The number of ether oxygens (including phenoxy) is 1. The molecule has 1 N–H and O–H groups in total. The molecule has 1 aliphatic rings. The van der Waals surface area contributed by atoms with Gasteiger partial charge in [-0.2, -0.15) is 0 Å². The Kier molecular flexibility index (Phi) is 5.57. The van der Waals surface area contributed by atoms with Gasteiger partial charge in [-0.05, 0) is 32.9 Å². The van der Waals surface area contributed by atoms with E-state index in [4.69, 9.17) is 4.74 Å². The fourth-order valence-corrected chi connectivity index (χ4v) is 3.26. The third-order valence-electron chi connectivity index (χ3n) is 4.28. The van der Waals surface area contributed by atoms with Crippen LogP contribution in [0.1, 0.15) is 27.2 Å². The number of hydrogen-bond acceptors (Lipinski definition) is 5. The Morgan fingerprint density at radius 2 is 2.12 bits per heavy atom. The summed E-state index contributed by atoms with van der Waals surface area (Å²) in [5, 5.41) is 3.39. The summed E-state index contributed by atoms with van der Waals surface area (Å²) in [7, 11) is 0. The Morgan fingerprint density at radius 1 is 1.31 bits per heavy atom. The largest absolute Gasteiger partial charge is 0.460 e. The lowest BCUT2D eigenvalue weighted by molar-refractivity contribution is -0.155. The predicted molar refractivity (Wildman–Crippen MR) is 103 cm³/mol. The third-order valence-corrected chi connectivity index (χ3v) is 4.28. The molecule has 1 aromatic carbocycles. The van der Waals surface area contributed by atoms with Gasteiger partial charge < -0.3 is 15.0 Å². The van der Waals surface area contributed by atoms with Crippen LogP contribution in [0.4, 0.5) is 5.69 Å². The van der Waals surface area contributed by atoms with E-state index >= 15 is 0 Å². The van der Waals surface area contributed by atoms with Gasteiger partial charge >= 0.3 is 5.97 Å². The minimum Gasteiger partial charge on any atom is -0.460 e. The molecule has 2 aromatic rings. The fourth-order valence-electron chi connectivity index (χ4n) is 3.26. The van der Waals surface area contributed by atoms with Crippen molar-refractivity contribution in [3.8, 4) is 11.1 Å². The number of benzene rings is 1. The molecule has 0 bridgehead atoms. The van der Waals surface area contributed by atoms with E-state index in [9.17, 15) is 4.79 Å². The van der Waals surface area contributed by atoms with E-state index in [1.807, 2.05) is 45.0 Å². The molecule has 0 aliphatic carbocycles. The molecule has 137 valence electrons. The first-order valence-electron chi connectivity index (χ1n) is 9.05. The molecule has 2 heterocycles. The number of rotatable bonds is 4. The topological polar surface area (TPSA) is 54.5 Å². The van der Waals surface area contributed by atoms with E-state index < -0.39 is 5.60 Å². The first kappa shape index (κ1) is 18.4. The van der Waals surface area contributed by atoms with Crippen molar-refractivity contribution < 1.29 is 9.53 Å². The number of nitrogens with zero attached hydrogens (tertiary/aromatic N) is 2. The van der Waals surface area contributed by atoms with Crippen LogP contribution in [0.5, 0.6) is 0 Å². The molecule has 1 fully saturated rings. The summed E-state index contributed by atoms with van der Waals surface area (Å²) in [6.45, 7) is 8.17. The zero-order chi connectivity index (χ0) is 18.6. The van der Waals surface area contributed by atoms with Gasteiger partial charge in [-0.1, -0.05) is 24.3 Å². The van der Waals surface area contributed by atoms with Crippen LogP contribution in [0, 0.1) is 6.20 Å². The van der Waals surface area contributed by atoms with Crippen LogP contribution in [-0.4, -0.2) is 42.2 Å². The lowest BCUT2D eigenvalue weighted by Crippen LogP contribution is -2.52. The Bertz CT molecular complexity index is 740. The molecular formula is C21H26N3O2. The van der Waals surface area contributed by atoms with Crippen molar-refractivity contribution in [3.63, 3.8) is 0 Å². The number of aromatic nitrogens is 1. The molecule has 5 heteroatoms. The molecule has 1 aliphatic heterocycles. The van der Waals surface area contributed by atoms with E-state index in [0.29, 0.717) is 6.42 Å². The van der Waals surface area contributed by atoms with Gasteiger partial charge in [0.05, 0.1) is 18.7 Å². The normalized spacial score (nSPS) is 17.8. The summed E-state index contributed by atoms with van der Waals surface area (Å²) in [4.78, 5) is 18.8. The highest BCUT2D eigenvalue weighted by atomic mass is 16.6. The highest BCUT2D eigenvalue weighted by molar-refractivity contribution is 5.79. The van der Waals surface area contributed by atoms with Gasteiger partial charge in [0.25, 0.3) is 0 Å². The van der Waals surface area contributed by atoms with Crippen molar-refractivity contribution in [2.24, 2.45) is 0 Å². The molecule has 1 saturated heterocycles. The number of esters is 1. The van der Waals surface area contributed by atoms with Gasteiger partial charge in [-0.25, -0.2) is 0 Å². The van der Waals surface area contributed by atoms with Crippen molar-refractivity contribution in [3.05, 3.63) is 48.8 Å². The van der Waals surface area contributed by atoms with Crippen molar-refractivity contribution in [1.29, 1.82) is 0 Å².